The number of carbonyl (C=O) groups is 1. The maximum Gasteiger partial charge on any atom is 0.234 e. The number of amides is 1. The van der Waals surface area contributed by atoms with Crippen LogP contribution in [0.4, 0.5) is 11.4 Å². The molecule has 0 aliphatic carbocycles. The fourth-order valence-corrected chi connectivity index (χ4v) is 4.02. The van der Waals surface area contributed by atoms with Gasteiger partial charge in [-0.05, 0) is 44.0 Å². The van der Waals surface area contributed by atoms with Crippen LogP contribution in [0.2, 0.25) is 5.02 Å². The van der Waals surface area contributed by atoms with E-state index in [0.29, 0.717) is 17.3 Å². The molecule has 0 radical (unpaired) electrons. The molecular weight excluding hydrogens is 406 g/mol. The highest BCUT2D eigenvalue weighted by Crippen LogP contribution is 2.23. The van der Waals surface area contributed by atoms with Crippen molar-refractivity contribution in [2.24, 2.45) is 0 Å². The monoisotopic (exact) mass is 429 g/mol. The van der Waals surface area contributed by atoms with E-state index in [1.54, 1.807) is 12.1 Å². The van der Waals surface area contributed by atoms with Gasteiger partial charge in [0, 0.05) is 12.2 Å². The topological polar surface area (TPSA) is 71.8 Å². The number of anilines is 2. The van der Waals surface area contributed by atoms with Gasteiger partial charge in [0.25, 0.3) is 0 Å². The Balaban J connectivity index is 1.62. The van der Waals surface area contributed by atoms with Gasteiger partial charge in [-0.2, -0.15) is 0 Å². The number of aromatic nitrogens is 3. The van der Waals surface area contributed by atoms with Gasteiger partial charge < -0.3 is 15.2 Å². The van der Waals surface area contributed by atoms with Crippen molar-refractivity contribution in [1.29, 1.82) is 0 Å². The number of thioether (sulfide) groups is 1. The van der Waals surface area contributed by atoms with E-state index in [1.165, 1.54) is 22.9 Å². The number of nitrogens with one attached hydrogen (secondary N) is 2. The lowest BCUT2D eigenvalue weighted by atomic mass is 10.1. The zero-order valence-electron chi connectivity index (χ0n) is 16.7. The van der Waals surface area contributed by atoms with Gasteiger partial charge in [-0.3, -0.25) is 4.79 Å². The van der Waals surface area contributed by atoms with Crippen molar-refractivity contribution in [3.05, 3.63) is 64.4 Å². The Morgan fingerprint density at radius 3 is 2.52 bits per heavy atom. The van der Waals surface area contributed by atoms with Gasteiger partial charge in [-0.1, -0.05) is 53.7 Å². The van der Waals surface area contributed by atoms with Crippen molar-refractivity contribution in [3.63, 3.8) is 0 Å². The molecule has 0 unspecified atom stereocenters. The molecule has 1 amide bonds. The second-order valence-electron chi connectivity index (χ2n) is 6.58. The Bertz CT molecular complexity index is 984. The van der Waals surface area contributed by atoms with Crippen LogP contribution < -0.4 is 10.6 Å². The Labute approximate surface area is 180 Å². The minimum absolute atomic E-state index is 0.135. The molecule has 6 nitrogen and oxygen atoms in total. The van der Waals surface area contributed by atoms with Crippen molar-refractivity contribution in [1.82, 2.24) is 14.8 Å². The maximum atomic E-state index is 12.3. The smallest absolute Gasteiger partial charge is 0.234 e. The van der Waals surface area contributed by atoms with Gasteiger partial charge in [0.15, 0.2) is 11.0 Å². The summed E-state index contributed by atoms with van der Waals surface area (Å²) < 4.78 is 2.02. The van der Waals surface area contributed by atoms with Crippen LogP contribution in [0.3, 0.4) is 0 Å². The van der Waals surface area contributed by atoms with E-state index in [1.807, 2.05) is 29.7 Å². The van der Waals surface area contributed by atoms with Crippen molar-refractivity contribution >= 4 is 40.6 Å². The number of rotatable bonds is 8. The second-order valence-corrected chi connectivity index (χ2v) is 7.93. The molecule has 0 aliphatic heterocycles. The SMILES string of the molecule is CCn1c(CNc2c(C)cccc2C)nnc1SCC(=O)Nc1ccccc1Cl. The maximum absolute atomic E-state index is 12.3. The van der Waals surface area contributed by atoms with Crippen molar-refractivity contribution in [2.45, 2.75) is 39.0 Å². The molecule has 0 aliphatic rings. The molecule has 152 valence electrons. The summed E-state index contributed by atoms with van der Waals surface area (Å²) in [7, 11) is 0. The van der Waals surface area contributed by atoms with Gasteiger partial charge in [0.2, 0.25) is 5.91 Å². The van der Waals surface area contributed by atoms with E-state index in [2.05, 4.69) is 46.8 Å². The minimum Gasteiger partial charge on any atom is -0.377 e. The number of aryl methyl sites for hydroxylation is 2. The third-order valence-corrected chi connectivity index (χ3v) is 5.79. The summed E-state index contributed by atoms with van der Waals surface area (Å²) in [6, 6.07) is 13.4. The molecular formula is C21H24ClN5OS. The first-order valence-electron chi connectivity index (χ1n) is 9.39. The summed E-state index contributed by atoms with van der Waals surface area (Å²) in [5.74, 6) is 0.932. The van der Waals surface area contributed by atoms with Crippen LogP contribution >= 0.6 is 23.4 Å². The number of nitrogens with zero attached hydrogens (tertiary/aromatic N) is 3. The lowest BCUT2D eigenvalue weighted by molar-refractivity contribution is -0.113. The molecule has 2 N–H and O–H groups in total. The molecule has 0 atom stereocenters. The molecule has 0 spiro atoms. The summed E-state index contributed by atoms with van der Waals surface area (Å²) in [6.07, 6.45) is 0. The highest BCUT2D eigenvalue weighted by Gasteiger charge is 2.14. The minimum atomic E-state index is -0.135. The van der Waals surface area contributed by atoms with E-state index in [-0.39, 0.29) is 11.7 Å². The molecule has 0 fully saturated rings. The van der Waals surface area contributed by atoms with Gasteiger partial charge in [0.1, 0.15) is 0 Å². The second kappa shape index (κ2) is 9.80. The fourth-order valence-electron chi connectivity index (χ4n) is 3.01. The Morgan fingerprint density at radius 2 is 1.83 bits per heavy atom. The van der Waals surface area contributed by atoms with Gasteiger partial charge in [0.05, 0.1) is 23.0 Å². The average molecular weight is 430 g/mol. The molecule has 0 saturated heterocycles. The predicted octanol–water partition coefficient (Wildman–Crippen LogP) is 4.91. The summed E-state index contributed by atoms with van der Waals surface area (Å²) in [5, 5.41) is 16.1. The first-order chi connectivity index (χ1) is 14.0. The van der Waals surface area contributed by atoms with E-state index in [0.717, 1.165) is 23.2 Å². The predicted molar refractivity (Wildman–Crippen MR) is 120 cm³/mol. The highest BCUT2D eigenvalue weighted by atomic mass is 35.5. The first-order valence-corrected chi connectivity index (χ1v) is 10.7. The van der Waals surface area contributed by atoms with Crippen LogP contribution in [-0.2, 0) is 17.9 Å². The lowest BCUT2D eigenvalue weighted by Gasteiger charge is -2.13. The summed E-state index contributed by atoms with van der Waals surface area (Å²) in [4.78, 5) is 12.3. The molecule has 29 heavy (non-hydrogen) atoms. The van der Waals surface area contributed by atoms with Gasteiger partial charge >= 0.3 is 0 Å². The molecule has 1 heterocycles. The number of benzene rings is 2. The largest absolute Gasteiger partial charge is 0.377 e. The molecule has 8 heteroatoms. The molecule has 1 aromatic heterocycles. The number of hydrogen-bond donors (Lipinski definition) is 2. The summed E-state index contributed by atoms with van der Waals surface area (Å²) in [6.45, 7) is 7.50. The Kier molecular flexibility index (Phi) is 7.17. The normalized spacial score (nSPS) is 10.8. The zero-order chi connectivity index (χ0) is 20.8. The quantitative estimate of drug-likeness (QED) is 0.498. The summed E-state index contributed by atoms with van der Waals surface area (Å²) in [5.41, 5.74) is 4.11. The van der Waals surface area contributed by atoms with Crippen molar-refractivity contribution in [3.8, 4) is 0 Å². The van der Waals surface area contributed by atoms with E-state index < -0.39 is 0 Å². The number of para-hydroxylation sites is 2. The van der Waals surface area contributed by atoms with Crippen molar-refractivity contribution < 1.29 is 4.79 Å². The zero-order valence-corrected chi connectivity index (χ0v) is 18.3. The Hall–Kier alpha value is -2.51. The van der Waals surface area contributed by atoms with Crippen LogP contribution in [-0.4, -0.2) is 26.4 Å². The number of carbonyl (C=O) groups excluding carboxylic acids is 1. The van der Waals surface area contributed by atoms with Crippen molar-refractivity contribution in [2.75, 3.05) is 16.4 Å². The van der Waals surface area contributed by atoms with E-state index >= 15 is 0 Å². The van der Waals surface area contributed by atoms with Crippen LogP contribution in [0.15, 0.2) is 47.6 Å². The van der Waals surface area contributed by atoms with Crippen LogP contribution in [0.1, 0.15) is 23.9 Å². The van der Waals surface area contributed by atoms with Gasteiger partial charge in [-0.15, -0.1) is 10.2 Å². The van der Waals surface area contributed by atoms with Crippen LogP contribution in [0, 0.1) is 13.8 Å². The Morgan fingerprint density at radius 1 is 1.10 bits per heavy atom. The standard InChI is InChI=1S/C21H24ClN5OS/c1-4-27-18(12-23-20-14(2)8-7-9-15(20)3)25-26-21(27)29-13-19(28)24-17-11-6-5-10-16(17)22/h5-11,23H,4,12-13H2,1-3H3,(H,24,28). The molecule has 3 aromatic rings. The third-order valence-electron chi connectivity index (χ3n) is 4.49. The average Bonchev–Trinajstić information content (AvgIpc) is 3.09. The highest BCUT2D eigenvalue weighted by molar-refractivity contribution is 7.99. The first kappa shape index (κ1) is 21.2. The summed E-state index contributed by atoms with van der Waals surface area (Å²) >= 11 is 7.45. The number of halogens is 1. The van der Waals surface area contributed by atoms with Crippen LogP contribution in [0.25, 0.3) is 0 Å². The third kappa shape index (κ3) is 5.31. The molecule has 0 saturated carbocycles. The van der Waals surface area contributed by atoms with E-state index in [4.69, 9.17) is 11.6 Å². The molecule has 3 rings (SSSR count). The van der Waals surface area contributed by atoms with Crippen LogP contribution in [0.5, 0.6) is 0 Å². The lowest BCUT2D eigenvalue weighted by Crippen LogP contribution is -2.15. The van der Waals surface area contributed by atoms with E-state index in [9.17, 15) is 4.79 Å². The number of hydrogen-bond acceptors (Lipinski definition) is 5. The fraction of sp³-hybridized carbons (Fsp3) is 0.286. The van der Waals surface area contributed by atoms with Gasteiger partial charge in [-0.25, -0.2) is 0 Å². The molecule has 2 aromatic carbocycles. The molecule has 0 bridgehead atoms.